The summed E-state index contributed by atoms with van der Waals surface area (Å²) in [6, 6.07) is 14.2. The highest BCUT2D eigenvalue weighted by Gasteiger charge is 2.21. The lowest BCUT2D eigenvalue weighted by Crippen LogP contribution is -2.49. The average Bonchev–Trinajstić information content (AvgIpc) is 2.70. The van der Waals surface area contributed by atoms with Gasteiger partial charge in [0, 0.05) is 37.7 Å². The van der Waals surface area contributed by atoms with E-state index < -0.39 is 5.82 Å². The fraction of sp³-hybridized carbons (Fsp3) is 0.333. The van der Waals surface area contributed by atoms with Crippen LogP contribution >= 0.6 is 11.6 Å². The topological polar surface area (TPSA) is 59.4 Å². The van der Waals surface area contributed by atoms with Gasteiger partial charge in [0.05, 0.1) is 12.2 Å². The highest BCUT2D eigenvalue weighted by Crippen LogP contribution is 2.23. The molecule has 1 N–H and O–H groups in total. The maximum absolute atomic E-state index is 13.8. The van der Waals surface area contributed by atoms with Crippen LogP contribution < -0.4 is 10.2 Å². The molecule has 1 fully saturated rings. The van der Waals surface area contributed by atoms with Crippen LogP contribution in [0.15, 0.2) is 42.5 Å². The summed E-state index contributed by atoms with van der Waals surface area (Å²) in [5.41, 5.74) is 1.83. The van der Waals surface area contributed by atoms with E-state index in [9.17, 15) is 14.4 Å². The number of anilines is 1. The van der Waals surface area contributed by atoms with Crippen molar-refractivity contribution in [1.29, 1.82) is 5.26 Å². The molecule has 2 aromatic rings. The van der Waals surface area contributed by atoms with Gasteiger partial charge in [-0.05, 0) is 36.2 Å². The Kier molecular flexibility index (Phi) is 6.85. The van der Waals surface area contributed by atoms with Crippen LogP contribution in [0.25, 0.3) is 0 Å². The Morgan fingerprint density at radius 2 is 1.86 bits per heavy atom. The first-order chi connectivity index (χ1) is 13.6. The summed E-state index contributed by atoms with van der Waals surface area (Å²) in [5, 5.41) is 12.8. The number of hydrogen-bond donors (Lipinski definition) is 1. The number of carbonyl (C=O) groups is 1. The molecule has 3 rings (SSSR count). The third-order valence-corrected chi connectivity index (χ3v) is 5.08. The molecule has 146 valence electrons. The second-order valence-corrected chi connectivity index (χ2v) is 7.17. The third-order valence-electron chi connectivity index (χ3n) is 4.83. The highest BCUT2D eigenvalue weighted by molar-refractivity contribution is 6.30. The summed E-state index contributed by atoms with van der Waals surface area (Å²) < 4.78 is 13.8. The number of carbonyl (C=O) groups excluding carboxylic acids is 1. The Balaban J connectivity index is 1.43. The molecule has 1 heterocycles. The minimum absolute atomic E-state index is 0.00844. The van der Waals surface area contributed by atoms with Crippen molar-refractivity contribution >= 4 is 23.2 Å². The summed E-state index contributed by atoms with van der Waals surface area (Å²) in [5.74, 6) is -0.506. The number of nitrogens with zero attached hydrogens (tertiary/aromatic N) is 3. The van der Waals surface area contributed by atoms with Crippen molar-refractivity contribution in [2.75, 3.05) is 44.2 Å². The molecule has 7 heteroatoms. The van der Waals surface area contributed by atoms with Gasteiger partial charge in [0.2, 0.25) is 5.91 Å². The summed E-state index contributed by atoms with van der Waals surface area (Å²) in [6.07, 6.45) is 0.757. The van der Waals surface area contributed by atoms with E-state index in [4.69, 9.17) is 11.6 Å². The number of nitrogens with one attached hydrogen (secondary N) is 1. The van der Waals surface area contributed by atoms with Gasteiger partial charge in [-0.1, -0.05) is 29.8 Å². The number of halogens is 2. The second-order valence-electron chi connectivity index (χ2n) is 6.74. The Hall–Kier alpha value is -2.62. The molecule has 0 radical (unpaired) electrons. The van der Waals surface area contributed by atoms with Crippen LogP contribution in [-0.4, -0.2) is 50.1 Å². The van der Waals surface area contributed by atoms with Crippen LogP contribution in [0.5, 0.6) is 0 Å². The normalized spacial score (nSPS) is 14.5. The molecule has 0 aromatic heterocycles. The number of amides is 1. The largest absolute Gasteiger partial charge is 0.368 e. The molecule has 0 bridgehead atoms. The first-order valence-electron chi connectivity index (χ1n) is 9.24. The van der Waals surface area contributed by atoms with Gasteiger partial charge in [0.1, 0.15) is 17.4 Å². The molecule has 0 spiro atoms. The van der Waals surface area contributed by atoms with E-state index in [1.165, 1.54) is 6.07 Å². The molecule has 2 aromatic carbocycles. The SMILES string of the molecule is N#Cc1c(F)cccc1N1CCN(CC(=O)NCCc2ccc(Cl)cc2)CC1. The monoisotopic (exact) mass is 400 g/mol. The van der Waals surface area contributed by atoms with Crippen LogP contribution in [0.1, 0.15) is 11.1 Å². The molecule has 0 saturated carbocycles. The van der Waals surface area contributed by atoms with Crippen LogP contribution in [0.4, 0.5) is 10.1 Å². The van der Waals surface area contributed by atoms with Gasteiger partial charge < -0.3 is 10.2 Å². The number of rotatable bonds is 6. The zero-order valence-electron chi connectivity index (χ0n) is 15.5. The molecule has 0 unspecified atom stereocenters. The zero-order valence-corrected chi connectivity index (χ0v) is 16.3. The van der Waals surface area contributed by atoms with E-state index in [2.05, 4.69) is 10.2 Å². The van der Waals surface area contributed by atoms with Crippen molar-refractivity contribution in [3.63, 3.8) is 0 Å². The van der Waals surface area contributed by atoms with E-state index in [1.807, 2.05) is 35.2 Å². The van der Waals surface area contributed by atoms with Crippen molar-refractivity contribution in [2.24, 2.45) is 0 Å². The maximum Gasteiger partial charge on any atom is 0.234 e. The van der Waals surface area contributed by atoms with Gasteiger partial charge in [-0.25, -0.2) is 4.39 Å². The van der Waals surface area contributed by atoms with E-state index in [0.717, 1.165) is 12.0 Å². The lowest BCUT2D eigenvalue weighted by atomic mass is 10.1. The smallest absolute Gasteiger partial charge is 0.234 e. The predicted octanol–water partition coefficient (Wildman–Crippen LogP) is 2.83. The van der Waals surface area contributed by atoms with Crippen molar-refractivity contribution in [3.8, 4) is 6.07 Å². The van der Waals surface area contributed by atoms with E-state index in [-0.39, 0.29) is 11.5 Å². The quantitative estimate of drug-likeness (QED) is 0.810. The average molecular weight is 401 g/mol. The van der Waals surface area contributed by atoms with E-state index in [1.54, 1.807) is 12.1 Å². The fourth-order valence-corrected chi connectivity index (χ4v) is 3.42. The molecular formula is C21H22ClFN4O. The molecule has 1 saturated heterocycles. The fourth-order valence-electron chi connectivity index (χ4n) is 3.29. The van der Waals surface area contributed by atoms with Crippen LogP contribution in [0.2, 0.25) is 5.02 Å². The van der Waals surface area contributed by atoms with Gasteiger partial charge >= 0.3 is 0 Å². The molecule has 0 aliphatic carbocycles. The second kappa shape index (κ2) is 9.54. The number of piperazine rings is 1. The first-order valence-corrected chi connectivity index (χ1v) is 9.61. The molecule has 0 atom stereocenters. The number of hydrogen-bond acceptors (Lipinski definition) is 4. The highest BCUT2D eigenvalue weighted by atomic mass is 35.5. The third kappa shape index (κ3) is 5.22. The standard InChI is InChI=1S/C21H22ClFN4O/c22-17-6-4-16(5-7-17)8-9-25-21(28)15-26-10-12-27(13-11-26)20-3-1-2-19(23)18(20)14-24/h1-7H,8-13,15H2,(H,25,28). The van der Waals surface area contributed by atoms with Crippen LogP contribution in [-0.2, 0) is 11.2 Å². The van der Waals surface area contributed by atoms with Gasteiger partial charge in [-0.15, -0.1) is 0 Å². The Bertz CT molecular complexity index is 858. The number of nitriles is 1. The minimum atomic E-state index is -0.498. The van der Waals surface area contributed by atoms with Gasteiger partial charge in [0.15, 0.2) is 0 Å². The molecule has 1 amide bonds. The van der Waals surface area contributed by atoms with Crippen molar-refractivity contribution in [1.82, 2.24) is 10.2 Å². The lowest BCUT2D eigenvalue weighted by Gasteiger charge is -2.36. The Labute approximate surface area is 169 Å². The molecule has 1 aliphatic heterocycles. The van der Waals surface area contributed by atoms with Gasteiger partial charge in [-0.2, -0.15) is 5.26 Å². The maximum atomic E-state index is 13.8. The van der Waals surface area contributed by atoms with E-state index >= 15 is 0 Å². The molecule has 1 aliphatic rings. The first kappa shape index (κ1) is 20.1. The summed E-state index contributed by atoms with van der Waals surface area (Å²) in [6.45, 7) is 3.59. The molecule has 28 heavy (non-hydrogen) atoms. The van der Waals surface area contributed by atoms with E-state index in [0.29, 0.717) is 50.0 Å². The molecular weight excluding hydrogens is 379 g/mol. The summed E-state index contributed by atoms with van der Waals surface area (Å²) >= 11 is 5.87. The Morgan fingerprint density at radius 1 is 1.14 bits per heavy atom. The zero-order chi connectivity index (χ0) is 19.9. The van der Waals surface area contributed by atoms with Crippen molar-refractivity contribution in [3.05, 3.63) is 64.4 Å². The predicted molar refractivity (Wildman–Crippen MR) is 108 cm³/mol. The van der Waals surface area contributed by atoms with Crippen LogP contribution in [0.3, 0.4) is 0 Å². The number of benzene rings is 2. The minimum Gasteiger partial charge on any atom is -0.368 e. The van der Waals surface area contributed by atoms with Gasteiger partial charge in [0.25, 0.3) is 0 Å². The lowest BCUT2D eigenvalue weighted by molar-refractivity contribution is -0.122. The summed E-state index contributed by atoms with van der Waals surface area (Å²) in [4.78, 5) is 16.2. The molecule has 5 nitrogen and oxygen atoms in total. The Morgan fingerprint density at radius 3 is 2.54 bits per heavy atom. The van der Waals surface area contributed by atoms with Gasteiger partial charge in [-0.3, -0.25) is 9.69 Å². The van der Waals surface area contributed by atoms with Crippen molar-refractivity contribution < 1.29 is 9.18 Å². The van der Waals surface area contributed by atoms with Crippen molar-refractivity contribution in [2.45, 2.75) is 6.42 Å². The van der Waals surface area contributed by atoms with Crippen LogP contribution in [0, 0.1) is 17.1 Å². The summed E-state index contributed by atoms with van der Waals surface area (Å²) in [7, 11) is 0.